The summed E-state index contributed by atoms with van der Waals surface area (Å²) in [5, 5.41) is 5.18. The number of nitrogens with one attached hydrogen (secondary N) is 2. The molecule has 0 bridgehead atoms. The Morgan fingerprint density at radius 1 is 1.10 bits per heavy atom. The van der Waals surface area contributed by atoms with Crippen LogP contribution in [0.2, 0.25) is 0 Å². The molecule has 8 nitrogen and oxygen atoms in total. The molecule has 0 radical (unpaired) electrons. The van der Waals surface area contributed by atoms with Gasteiger partial charge in [0, 0.05) is 12.6 Å². The number of amides is 3. The summed E-state index contributed by atoms with van der Waals surface area (Å²) >= 11 is 3.31. The fourth-order valence-electron chi connectivity index (χ4n) is 2.70. The first-order valence-corrected chi connectivity index (χ1v) is 10.2. The Hall–Kier alpha value is -2.94. The highest BCUT2D eigenvalue weighted by Gasteiger charge is 2.29. The second kappa shape index (κ2) is 11.3. The highest BCUT2D eigenvalue weighted by atomic mass is 79.9. The van der Waals surface area contributed by atoms with Gasteiger partial charge in [-0.2, -0.15) is 0 Å². The van der Waals surface area contributed by atoms with Gasteiger partial charge in [-0.15, -0.1) is 0 Å². The van der Waals surface area contributed by atoms with Gasteiger partial charge in [0.15, 0.2) is 0 Å². The van der Waals surface area contributed by atoms with Crippen LogP contribution < -0.4 is 16.4 Å². The van der Waals surface area contributed by atoms with Crippen LogP contribution in [0.4, 0.5) is 4.79 Å². The molecule has 30 heavy (non-hydrogen) atoms. The summed E-state index contributed by atoms with van der Waals surface area (Å²) in [5.74, 6) is -1.45. The fourth-order valence-corrected chi connectivity index (χ4v) is 3.11. The van der Waals surface area contributed by atoms with E-state index in [4.69, 9.17) is 10.5 Å². The molecule has 1 aromatic heterocycles. The van der Waals surface area contributed by atoms with Gasteiger partial charge in [0.25, 0.3) is 0 Å². The lowest BCUT2D eigenvalue weighted by molar-refractivity contribution is -0.129. The van der Waals surface area contributed by atoms with E-state index in [1.807, 2.05) is 30.3 Å². The summed E-state index contributed by atoms with van der Waals surface area (Å²) in [6.45, 7) is 3.63. The van der Waals surface area contributed by atoms with Gasteiger partial charge in [0.05, 0.1) is 0 Å². The molecule has 9 heteroatoms. The Balaban J connectivity index is 1.99. The lowest BCUT2D eigenvalue weighted by atomic mass is 10.0. The molecule has 0 saturated carbocycles. The van der Waals surface area contributed by atoms with Crippen LogP contribution in [0.1, 0.15) is 25.0 Å². The molecule has 0 aliphatic heterocycles. The third-order valence-corrected chi connectivity index (χ3v) is 5.07. The second-order valence-corrected chi connectivity index (χ2v) is 7.80. The number of alkyl carbamates (subject to hydrolysis) is 1. The summed E-state index contributed by atoms with van der Waals surface area (Å²) in [6.07, 6.45) is 1.04. The quantitative estimate of drug-likeness (QED) is 0.479. The number of hydrogen-bond donors (Lipinski definition) is 3. The molecule has 0 unspecified atom stereocenters. The monoisotopic (exact) mass is 476 g/mol. The van der Waals surface area contributed by atoms with E-state index in [1.54, 1.807) is 32.2 Å². The van der Waals surface area contributed by atoms with Gasteiger partial charge < -0.3 is 21.1 Å². The van der Waals surface area contributed by atoms with E-state index in [9.17, 15) is 14.4 Å². The van der Waals surface area contributed by atoms with E-state index in [0.717, 1.165) is 11.1 Å². The predicted octanol–water partition coefficient (Wildman–Crippen LogP) is 2.31. The molecule has 2 aromatic rings. The zero-order chi connectivity index (χ0) is 22.1. The normalized spacial score (nSPS) is 12.7. The van der Waals surface area contributed by atoms with Crippen LogP contribution in [-0.2, 0) is 27.4 Å². The Labute approximate surface area is 183 Å². The smallest absolute Gasteiger partial charge is 0.408 e. The maximum atomic E-state index is 12.8. The van der Waals surface area contributed by atoms with Crippen molar-refractivity contribution in [3.63, 3.8) is 0 Å². The zero-order valence-corrected chi connectivity index (χ0v) is 18.4. The van der Waals surface area contributed by atoms with Crippen molar-refractivity contribution in [2.45, 2.75) is 39.0 Å². The SMILES string of the molecule is CC(C)[C@@H](NC(=O)OCc1ccccc1)C(=O)N[C@H](Cc1cccnc1Br)C(N)=O. The zero-order valence-electron chi connectivity index (χ0n) is 16.8. The van der Waals surface area contributed by atoms with Gasteiger partial charge in [-0.3, -0.25) is 9.59 Å². The Kier molecular flexibility index (Phi) is 8.79. The van der Waals surface area contributed by atoms with Crippen molar-refractivity contribution >= 4 is 33.8 Å². The molecular formula is C21H25BrN4O4. The average molecular weight is 477 g/mol. The molecule has 160 valence electrons. The van der Waals surface area contributed by atoms with Crippen molar-refractivity contribution in [1.82, 2.24) is 15.6 Å². The van der Waals surface area contributed by atoms with Crippen molar-refractivity contribution in [2.24, 2.45) is 11.7 Å². The summed E-state index contributed by atoms with van der Waals surface area (Å²) in [6, 6.07) is 10.8. The van der Waals surface area contributed by atoms with E-state index < -0.39 is 30.0 Å². The highest BCUT2D eigenvalue weighted by Crippen LogP contribution is 2.15. The topological polar surface area (TPSA) is 123 Å². The standard InChI is InChI=1S/C21H25BrN4O4/c1-13(2)17(26-21(29)30-12-14-7-4-3-5-8-14)20(28)25-16(19(23)27)11-15-9-6-10-24-18(15)22/h3-10,13,16-17H,11-12H2,1-2H3,(H2,23,27)(H,25,28)(H,26,29)/t16-,17-/m1/s1. The van der Waals surface area contributed by atoms with Crippen LogP contribution in [0.15, 0.2) is 53.3 Å². The molecule has 0 spiro atoms. The number of benzene rings is 1. The van der Waals surface area contributed by atoms with Gasteiger partial charge in [-0.05, 0) is 39.0 Å². The summed E-state index contributed by atoms with van der Waals surface area (Å²) in [5.41, 5.74) is 7.02. The van der Waals surface area contributed by atoms with Crippen molar-refractivity contribution in [2.75, 3.05) is 0 Å². The van der Waals surface area contributed by atoms with Crippen LogP contribution >= 0.6 is 15.9 Å². The molecule has 4 N–H and O–H groups in total. The minimum atomic E-state index is -0.957. The third kappa shape index (κ3) is 7.14. The highest BCUT2D eigenvalue weighted by molar-refractivity contribution is 9.10. The molecule has 1 aromatic carbocycles. The number of nitrogens with zero attached hydrogens (tertiary/aromatic N) is 1. The average Bonchev–Trinajstić information content (AvgIpc) is 2.71. The van der Waals surface area contributed by atoms with Crippen molar-refractivity contribution < 1.29 is 19.1 Å². The molecule has 0 saturated heterocycles. The summed E-state index contributed by atoms with van der Waals surface area (Å²) in [7, 11) is 0. The lowest BCUT2D eigenvalue weighted by Crippen LogP contribution is -2.55. The molecule has 0 fully saturated rings. The van der Waals surface area contributed by atoms with Gasteiger partial charge in [0.2, 0.25) is 11.8 Å². The maximum Gasteiger partial charge on any atom is 0.408 e. The number of hydrogen-bond acceptors (Lipinski definition) is 5. The predicted molar refractivity (Wildman–Crippen MR) is 115 cm³/mol. The molecule has 1 heterocycles. The number of primary amides is 1. The van der Waals surface area contributed by atoms with Gasteiger partial charge in [-0.1, -0.05) is 50.2 Å². The minimum Gasteiger partial charge on any atom is -0.445 e. The molecule has 0 aliphatic rings. The molecule has 2 atom stereocenters. The Bertz CT molecular complexity index is 876. The van der Waals surface area contributed by atoms with Gasteiger partial charge in [-0.25, -0.2) is 9.78 Å². The van der Waals surface area contributed by atoms with Gasteiger partial charge >= 0.3 is 6.09 Å². The van der Waals surface area contributed by atoms with E-state index >= 15 is 0 Å². The number of rotatable bonds is 9. The van der Waals surface area contributed by atoms with E-state index in [0.29, 0.717) is 4.60 Å². The minimum absolute atomic E-state index is 0.0814. The van der Waals surface area contributed by atoms with Crippen LogP contribution in [0.3, 0.4) is 0 Å². The number of carbonyl (C=O) groups excluding carboxylic acids is 3. The van der Waals surface area contributed by atoms with Gasteiger partial charge in [0.1, 0.15) is 23.3 Å². The maximum absolute atomic E-state index is 12.8. The summed E-state index contributed by atoms with van der Waals surface area (Å²) in [4.78, 5) is 40.9. The molecular weight excluding hydrogens is 452 g/mol. The number of halogens is 1. The largest absolute Gasteiger partial charge is 0.445 e. The fraction of sp³-hybridized carbons (Fsp3) is 0.333. The van der Waals surface area contributed by atoms with Crippen molar-refractivity contribution in [1.29, 1.82) is 0 Å². The molecule has 0 aliphatic carbocycles. The van der Waals surface area contributed by atoms with Crippen molar-refractivity contribution in [3.05, 3.63) is 64.4 Å². The molecule has 3 amide bonds. The van der Waals surface area contributed by atoms with Crippen LogP contribution in [0.5, 0.6) is 0 Å². The van der Waals surface area contributed by atoms with Crippen LogP contribution in [-0.4, -0.2) is 35.0 Å². The lowest BCUT2D eigenvalue weighted by Gasteiger charge is -2.24. The van der Waals surface area contributed by atoms with Crippen LogP contribution in [0.25, 0.3) is 0 Å². The van der Waals surface area contributed by atoms with E-state index in [-0.39, 0.29) is 18.9 Å². The molecule has 2 rings (SSSR count). The first-order valence-electron chi connectivity index (χ1n) is 9.44. The number of carbonyl (C=O) groups is 3. The summed E-state index contributed by atoms with van der Waals surface area (Å²) < 4.78 is 5.75. The third-order valence-electron chi connectivity index (χ3n) is 4.36. The van der Waals surface area contributed by atoms with E-state index in [2.05, 4.69) is 31.5 Å². The number of nitrogens with two attached hydrogens (primary N) is 1. The first kappa shape index (κ1) is 23.3. The Morgan fingerprint density at radius 3 is 2.40 bits per heavy atom. The van der Waals surface area contributed by atoms with Crippen molar-refractivity contribution in [3.8, 4) is 0 Å². The number of pyridine rings is 1. The Morgan fingerprint density at radius 2 is 1.80 bits per heavy atom. The van der Waals surface area contributed by atoms with E-state index in [1.165, 1.54) is 0 Å². The number of ether oxygens (including phenoxy) is 1. The number of aromatic nitrogens is 1. The second-order valence-electron chi connectivity index (χ2n) is 7.05. The van der Waals surface area contributed by atoms with Crippen LogP contribution in [0, 0.1) is 5.92 Å². The first-order chi connectivity index (χ1) is 14.3.